The second kappa shape index (κ2) is 5.72. The molecule has 0 unspecified atom stereocenters. The highest BCUT2D eigenvalue weighted by molar-refractivity contribution is 5.96. The van der Waals surface area contributed by atoms with Crippen molar-refractivity contribution in [2.45, 2.75) is 26.4 Å². The van der Waals surface area contributed by atoms with E-state index in [1.165, 1.54) is 6.20 Å². The Morgan fingerprint density at radius 2 is 2.12 bits per heavy atom. The number of ether oxygens (including phenoxy) is 3. The molecule has 3 heterocycles. The highest BCUT2D eigenvalue weighted by Gasteiger charge is 2.36. The van der Waals surface area contributed by atoms with E-state index in [0.717, 1.165) is 16.8 Å². The molecular formula is C19H19N3O4. The van der Waals surface area contributed by atoms with Gasteiger partial charge in [0, 0.05) is 23.4 Å². The summed E-state index contributed by atoms with van der Waals surface area (Å²) in [6.45, 7) is 6.00. The minimum atomic E-state index is -0.605. The number of carbonyl (C=O) groups excluding carboxylic acids is 1. The Bertz CT molecular complexity index is 1020. The Balaban J connectivity index is 2.00. The average Bonchev–Trinajstić information content (AvgIpc) is 3.05. The fourth-order valence-corrected chi connectivity index (χ4v) is 3.22. The first-order valence-electron chi connectivity index (χ1n) is 8.38. The standard InChI is InChI=1S/C19H19N3O4/c1-5-25-18(23)13-9-21-22-16-12-7-6-11(24-4)8-15(12)26-19(2,3)14(16)10-20-17(13)22/h6-10H,5H2,1-4H3. The van der Waals surface area contributed by atoms with Gasteiger partial charge in [0.2, 0.25) is 0 Å². The molecule has 0 amide bonds. The number of nitrogens with zero attached hydrogens (tertiary/aromatic N) is 3. The summed E-state index contributed by atoms with van der Waals surface area (Å²) in [5, 5.41) is 4.41. The van der Waals surface area contributed by atoms with Gasteiger partial charge in [0.25, 0.3) is 0 Å². The number of carbonyl (C=O) groups is 1. The molecule has 1 aromatic carbocycles. The van der Waals surface area contributed by atoms with Gasteiger partial charge >= 0.3 is 5.97 Å². The lowest BCUT2D eigenvalue weighted by molar-refractivity contribution is 0.0528. The zero-order valence-corrected chi connectivity index (χ0v) is 15.1. The van der Waals surface area contributed by atoms with Crippen molar-refractivity contribution in [2.75, 3.05) is 13.7 Å². The van der Waals surface area contributed by atoms with Crippen LogP contribution >= 0.6 is 0 Å². The number of esters is 1. The van der Waals surface area contributed by atoms with Crippen LogP contribution in [0.3, 0.4) is 0 Å². The summed E-state index contributed by atoms with van der Waals surface area (Å²) >= 11 is 0. The average molecular weight is 353 g/mol. The van der Waals surface area contributed by atoms with Crippen molar-refractivity contribution in [1.29, 1.82) is 0 Å². The summed E-state index contributed by atoms with van der Waals surface area (Å²) in [7, 11) is 1.62. The molecule has 0 fully saturated rings. The highest BCUT2D eigenvalue weighted by Crippen LogP contribution is 2.46. The van der Waals surface area contributed by atoms with Crippen LogP contribution in [0.25, 0.3) is 16.9 Å². The molecule has 7 heteroatoms. The van der Waals surface area contributed by atoms with Crippen LogP contribution in [0, 0.1) is 0 Å². The van der Waals surface area contributed by atoms with Gasteiger partial charge in [-0.05, 0) is 32.9 Å². The second-order valence-electron chi connectivity index (χ2n) is 6.51. The first-order chi connectivity index (χ1) is 12.5. The Kier molecular flexibility index (Phi) is 3.61. The lowest BCUT2D eigenvalue weighted by Gasteiger charge is -2.34. The van der Waals surface area contributed by atoms with Gasteiger partial charge in [-0.3, -0.25) is 0 Å². The first kappa shape index (κ1) is 16.4. The smallest absolute Gasteiger partial charge is 0.343 e. The monoisotopic (exact) mass is 353 g/mol. The molecule has 2 aromatic heterocycles. The number of methoxy groups -OCH3 is 1. The maximum Gasteiger partial charge on any atom is 0.343 e. The van der Waals surface area contributed by atoms with E-state index in [0.29, 0.717) is 29.3 Å². The van der Waals surface area contributed by atoms with Gasteiger partial charge in [-0.15, -0.1) is 0 Å². The molecule has 4 rings (SSSR count). The van der Waals surface area contributed by atoms with Crippen LogP contribution < -0.4 is 9.47 Å². The van der Waals surface area contributed by atoms with Gasteiger partial charge in [-0.2, -0.15) is 5.10 Å². The molecule has 0 saturated carbocycles. The van der Waals surface area contributed by atoms with E-state index in [1.54, 1.807) is 24.7 Å². The molecule has 0 N–H and O–H groups in total. The maximum absolute atomic E-state index is 12.2. The maximum atomic E-state index is 12.2. The molecule has 3 aromatic rings. The quantitative estimate of drug-likeness (QED) is 0.673. The van der Waals surface area contributed by atoms with Gasteiger partial charge < -0.3 is 14.2 Å². The van der Waals surface area contributed by atoms with E-state index in [-0.39, 0.29) is 0 Å². The van der Waals surface area contributed by atoms with Crippen molar-refractivity contribution in [2.24, 2.45) is 0 Å². The van der Waals surface area contributed by atoms with E-state index in [1.807, 2.05) is 32.0 Å². The van der Waals surface area contributed by atoms with Crippen molar-refractivity contribution >= 4 is 11.6 Å². The third-order valence-electron chi connectivity index (χ3n) is 4.48. The summed E-state index contributed by atoms with van der Waals surface area (Å²) in [6.07, 6.45) is 3.23. The SMILES string of the molecule is CCOC(=O)c1cnn2c3c(cnc12)C(C)(C)Oc1cc(OC)ccc1-3. The van der Waals surface area contributed by atoms with Gasteiger partial charge in [0.05, 0.1) is 25.6 Å². The van der Waals surface area contributed by atoms with Crippen molar-refractivity contribution in [1.82, 2.24) is 14.6 Å². The van der Waals surface area contributed by atoms with Crippen molar-refractivity contribution < 1.29 is 19.0 Å². The van der Waals surface area contributed by atoms with Crippen LogP contribution in [0.4, 0.5) is 0 Å². The predicted octanol–water partition coefficient (Wildman–Crippen LogP) is 3.21. The van der Waals surface area contributed by atoms with Crippen molar-refractivity contribution in [3.8, 4) is 22.8 Å². The molecular weight excluding hydrogens is 334 g/mol. The summed E-state index contributed by atoms with van der Waals surface area (Å²) in [6, 6.07) is 5.64. The zero-order chi connectivity index (χ0) is 18.5. The van der Waals surface area contributed by atoms with E-state index < -0.39 is 11.6 Å². The summed E-state index contributed by atoms with van der Waals surface area (Å²) in [5.41, 5.74) is 2.80. The number of hydrogen-bond donors (Lipinski definition) is 0. The lowest BCUT2D eigenvalue weighted by atomic mass is 9.91. The summed E-state index contributed by atoms with van der Waals surface area (Å²) in [4.78, 5) is 16.6. The molecule has 0 bridgehead atoms. The third kappa shape index (κ3) is 2.31. The van der Waals surface area contributed by atoms with Crippen LogP contribution in [0.2, 0.25) is 0 Å². The van der Waals surface area contributed by atoms with E-state index in [2.05, 4.69) is 10.1 Å². The number of aromatic nitrogens is 3. The Hall–Kier alpha value is -3.09. The first-order valence-corrected chi connectivity index (χ1v) is 8.38. The normalized spacial score (nSPS) is 14.3. The van der Waals surface area contributed by atoms with Gasteiger partial charge in [0.15, 0.2) is 5.65 Å². The predicted molar refractivity (Wildman–Crippen MR) is 94.6 cm³/mol. The third-order valence-corrected chi connectivity index (χ3v) is 4.48. The van der Waals surface area contributed by atoms with Crippen molar-refractivity contribution in [3.63, 3.8) is 0 Å². The van der Waals surface area contributed by atoms with Crippen LogP contribution in [0.1, 0.15) is 36.7 Å². The van der Waals surface area contributed by atoms with Gasteiger partial charge in [-0.1, -0.05) is 0 Å². The minimum Gasteiger partial charge on any atom is -0.497 e. The summed E-state index contributed by atoms with van der Waals surface area (Å²) in [5.74, 6) is 0.972. The number of fused-ring (bicyclic) bond motifs is 5. The second-order valence-corrected chi connectivity index (χ2v) is 6.51. The minimum absolute atomic E-state index is 0.296. The zero-order valence-electron chi connectivity index (χ0n) is 15.1. The molecule has 0 atom stereocenters. The van der Waals surface area contributed by atoms with Gasteiger partial charge in [-0.25, -0.2) is 14.3 Å². The molecule has 26 heavy (non-hydrogen) atoms. The van der Waals surface area contributed by atoms with E-state index in [4.69, 9.17) is 14.2 Å². The number of rotatable bonds is 3. The number of benzene rings is 1. The number of hydrogen-bond acceptors (Lipinski definition) is 6. The largest absolute Gasteiger partial charge is 0.497 e. The Morgan fingerprint density at radius 1 is 1.31 bits per heavy atom. The molecule has 1 aliphatic heterocycles. The highest BCUT2D eigenvalue weighted by atomic mass is 16.5. The fourth-order valence-electron chi connectivity index (χ4n) is 3.22. The summed E-state index contributed by atoms with van der Waals surface area (Å²) < 4.78 is 18.3. The Morgan fingerprint density at radius 3 is 2.85 bits per heavy atom. The van der Waals surface area contributed by atoms with Crippen LogP contribution in [0.5, 0.6) is 11.5 Å². The molecule has 7 nitrogen and oxygen atoms in total. The molecule has 134 valence electrons. The molecule has 0 spiro atoms. The molecule has 0 radical (unpaired) electrons. The Labute approximate surface area is 150 Å². The van der Waals surface area contributed by atoms with E-state index in [9.17, 15) is 4.79 Å². The lowest BCUT2D eigenvalue weighted by Crippen LogP contribution is -2.30. The fraction of sp³-hybridized carbons (Fsp3) is 0.316. The van der Waals surface area contributed by atoms with Crippen molar-refractivity contribution in [3.05, 3.63) is 41.7 Å². The van der Waals surface area contributed by atoms with Crippen LogP contribution in [-0.4, -0.2) is 34.3 Å². The van der Waals surface area contributed by atoms with Crippen LogP contribution in [0.15, 0.2) is 30.6 Å². The topological polar surface area (TPSA) is 75.0 Å². The van der Waals surface area contributed by atoms with E-state index >= 15 is 0 Å². The molecule has 1 aliphatic rings. The van der Waals surface area contributed by atoms with Crippen LogP contribution in [-0.2, 0) is 10.3 Å². The molecule has 0 aliphatic carbocycles. The van der Waals surface area contributed by atoms with Gasteiger partial charge in [0.1, 0.15) is 22.7 Å². The molecule has 0 saturated heterocycles.